The van der Waals surface area contributed by atoms with Gasteiger partial charge in [-0.2, -0.15) is 0 Å². The number of rotatable bonds is 3. The summed E-state index contributed by atoms with van der Waals surface area (Å²) in [7, 11) is 0. The monoisotopic (exact) mass is 319 g/mol. The van der Waals surface area contributed by atoms with Gasteiger partial charge in [-0.1, -0.05) is 11.8 Å². The Balaban J connectivity index is 1.92. The molecule has 0 atom stereocenters. The molecule has 1 saturated heterocycles. The average Bonchev–Trinajstić information content (AvgIpc) is 2.52. The molecule has 116 valence electrons. The third-order valence-corrected chi connectivity index (χ3v) is 5.38. The number of benzene rings is 2. The van der Waals surface area contributed by atoms with Gasteiger partial charge in [0.15, 0.2) is 0 Å². The van der Waals surface area contributed by atoms with Gasteiger partial charge in [-0.05, 0) is 86.3 Å². The topological polar surface area (TPSA) is 12.0 Å². The van der Waals surface area contributed by atoms with Crippen molar-refractivity contribution in [3.63, 3.8) is 0 Å². The van der Waals surface area contributed by atoms with Gasteiger partial charge in [0, 0.05) is 9.79 Å². The van der Waals surface area contributed by atoms with Crippen LogP contribution >= 0.6 is 11.8 Å². The van der Waals surface area contributed by atoms with E-state index >= 15 is 0 Å². The molecule has 0 bridgehead atoms. The van der Waals surface area contributed by atoms with Gasteiger partial charge in [-0.3, -0.25) is 0 Å². The van der Waals surface area contributed by atoms with Gasteiger partial charge < -0.3 is 5.32 Å². The maximum Gasteiger partial charge on any atom is 0.123 e. The van der Waals surface area contributed by atoms with Crippen molar-refractivity contribution in [2.45, 2.75) is 35.5 Å². The van der Waals surface area contributed by atoms with Crippen LogP contribution in [0, 0.1) is 18.6 Å². The van der Waals surface area contributed by atoms with E-state index in [9.17, 15) is 8.78 Å². The molecule has 0 saturated carbocycles. The van der Waals surface area contributed by atoms with Crippen molar-refractivity contribution in [2.24, 2.45) is 0 Å². The molecule has 22 heavy (non-hydrogen) atoms. The van der Waals surface area contributed by atoms with E-state index in [-0.39, 0.29) is 11.6 Å². The van der Waals surface area contributed by atoms with Crippen LogP contribution in [0.2, 0.25) is 0 Å². The Morgan fingerprint density at radius 1 is 0.955 bits per heavy atom. The molecule has 0 aromatic heterocycles. The SMILES string of the molecule is Cc1cc(F)ccc1Sc1ccc(F)cc1C1CCNCC1. The van der Waals surface area contributed by atoms with Crippen LogP contribution in [0.15, 0.2) is 46.2 Å². The molecule has 4 heteroatoms. The van der Waals surface area contributed by atoms with Gasteiger partial charge in [-0.25, -0.2) is 8.78 Å². The van der Waals surface area contributed by atoms with Crippen molar-refractivity contribution in [1.82, 2.24) is 5.32 Å². The van der Waals surface area contributed by atoms with Crippen LogP contribution in [0.25, 0.3) is 0 Å². The van der Waals surface area contributed by atoms with Gasteiger partial charge in [0.25, 0.3) is 0 Å². The van der Waals surface area contributed by atoms with Crippen LogP contribution in [0.1, 0.15) is 29.9 Å². The van der Waals surface area contributed by atoms with Crippen molar-refractivity contribution in [3.8, 4) is 0 Å². The summed E-state index contributed by atoms with van der Waals surface area (Å²) in [6, 6.07) is 9.83. The van der Waals surface area contributed by atoms with Crippen LogP contribution < -0.4 is 5.32 Å². The summed E-state index contributed by atoms with van der Waals surface area (Å²) in [6.45, 7) is 3.85. The highest BCUT2D eigenvalue weighted by molar-refractivity contribution is 7.99. The summed E-state index contributed by atoms with van der Waals surface area (Å²) in [6.07, 6.45) is 2.05. The molecule has 1 nitrogen and oxygen atoms in total. The molecular formula is C18H19F2NS. The van der Waals surface area contributed by atoms with Crippen LogP contribution in [0.5, 0.6) is 0 Å². The van der Waals surface area contributed by atoms with Gasteiger partial charge in [0.2, 0.25) is 0 Å². The first-order chi connectivity index (χ1) is 10.6. The van der Waals surface area contributed by atoms with Crippen molar-refractivity contribution in [2.75, 3.05) is 13.1 Å². The normalized spacial score (nSPS) is 16.0. The molecule has 0 aliphatic carbocycles. The minimum Gasteiger partial charge on any atom is -0.317 e. The summed E-state index contributed by atoms with van der Waals surface area (Å²) >= 11 is 1.60. The Morgan fingerprint density at radius 2 is 1.59 bits per heavy atom. The fourth-order valence-electron chi connectivity index (χ4n) is 2.91. The highest BCUT2D eigenvalue weighted by Gasteiger charge is 2.19. The van der Waals surface area contributed by atoms with E-state index < -0.39 is 0 Å². The molecule has 0 unspecified atom stereocenters. The van der Waals surface area contributed by atoms with Crippen LogP contribution in [-0.4, -0.2) is 13.1 Å². The second-order valence-corrected chi connectivity index (χ2v) is 6.80. The smallest absolute Gasteiger partial charge is 0.123 e. The maximum atomic E-state index is 13.7. The predicted octanol–water partition coefficient (Wildman–Crippen LogP) is 4.89. The predicted molar refractivity (Wildman–Crippen MR) is 86.5 cm³/mol. The van der Waals surface area contributed by atoms with Gasteiger partial charge in [-0.15, -0.1) is 0 Å². The standard InChI is InChI=1S/C18H19F2NS/c1-12-10-14(19)2-4-17(12)22-18-5-3-15(20)11-16(18)13-6-8-21-9-7-13/h2-5,10-11,13,21H,6-9H2,1H3. The summed E-state index contributed by atoms with van der Waals surface area (Å²) in [5.41, 5.74) is 1.99. The molecule has 1 fully saturated rings. The van der Waals surface area contributed by atoms with Crippen LogP contribution in [0.4, 0.5) is 8.78 Å². The van der Waals surface area contributed by atoms with E-state index in [1.54, 1.807) is 23.9 Å². The molecule has 2 aromatic carbocycles. The Morgan fingerprint density at radius 3 is 2.27 bits per heavy atom. The molecule has 1 heterocycles. The zero-order valence-electron chi connectivity index (χ0n) is 12.5. The summed E-state index contributed by atoms with van der Waals surface area (Å²) in [4.78, 5) is 2.09. The lowest BCUT2D eigenvalue weighted by atomic mass is 9.90. The number of piperidine rings is 1. The average molecular weight is 319 g/mol. The molecule has 1 aliphatic heterocycles. The van der Waals surface area contributed by atoms with Gasteiger partial charge in [0.1, 0.15) is 11.6 Å². The van der Waals surface area contributed by atoms with Crippen LogP contribution in [0.3, 0.4) is 0 Å². The number of hydrogen-bond acceptors (Lipinski definition) is 2. The summed E-state index contributed by atoms with van der Waals surface area (Å²) < 4.78 is 26.9. The minimum absolute atomic E-state index is 0.186. The third kappa shape index (κ3) is 3.50. The molecule has 0 spiro atoms. The van der Waals surface area contributed by atoms with Crippen molar-refractivity contribution >= 4 is 11.8 Å². The van der Waals surface area contributed by atoms with Crippen LogP contribution in [-0.2, 0) is 0 Å². The Hall–Kier alpha value is -1.39. The van der Waals surface area contributed by atoms with E-state index in [0.29, 0.717) is 5.92 Å². The minimum atomic E-state index is -0.223. The van der Waals surface area contributed by atoms with Crippen molar-refractivity contribution in [3.05, 3.63) is 59.2 Å². The van der Waals surface area contributed by atoms with E-state index in [1.807, 2.05) is 13.0 Å². The number of aryl methyl sites for hydroxylation is 1. The number of hydrogen-bond donors (Lipinski definition) is 1. The fourth-order valence-corrected chi connectivity index (χ4v) is 3.98. The van der Waals surface area contributed by atoms with Gasteiger partial charge in [0.05, 0.1) is 0 Å². The second kappa shape index (κ2) is 6.80. The Labute approximate surface area is 134 Å². The molecule has 3 rings (SSSR count). The van der Waals surface area contributed by atoms with Crippen molar-refractivity contribution < 1.29 is 8.78 Å². The van der Waals surface area contributed by atoms with Crippen molar-refractivity contribution in [1.29, 1.82) is 0 Å². The summed E-state index contributed by atoms with van der Waals surface area (Å²) in [5, 5.41) is 3.34. The first kappa shape index (κ1) is 15.5. The lowest BCUT2D eigenvalue weighted by Gasteiger charge is -2.25. The maximum absolute atomic E-state index is 13.7. The van der Waals surface area contributed by atoms with Gasteiger partial charge >= 0.3 is 0 Å². The Bertz CT molecular complexity index is 666. The molecule has 0 radical (unpaired) electrons. The largest absolute Gasteiger partial charge is 0.317 e. The highest BCUT2D eigenvalue weighted by atomic mass is 32.2. The lowest BCUT2D eigenvalue weighted by molar-refractivity contribution is 0.454. The first-order valence-electron chi connectivity index (χ1n) is 7.57. The number of nitrogens with one attached hydrogen (secondary N) is 1. The van der Waals surface area contributed by atoms with E-state index in [0.717, 1.165) is 46.8 Å². The zero-order chi connectivity index (χ0) is 15.5. The summed E-state index contributed by atoms with van der Waals surface area (Å²) in [5.74, 6) is -0.0200. The quantitative estimate of drug-likeness (QED) is 0.864. The highest BCUT2D eigenvalue weighted by Crippen LogP contribution is 2.38. The van der Waals surface area contributed by atoms with E-state index in [4.69, 9.17) is 0 Å². The Kier molecular flexibility index (Phi) is 4.79. The third-order valence-electron chi connectivity index (χ3n) is 4.11. The van der Waals surface area contributed by atoms with E-state index in [2.05, 4.69) is 5.32 Å². The second-order valence-electron chi connectivity index (χ2n) is 5.72. The molecule has 0 amide bonds. The first-order valence-corrected chi connectivity index (χ1v) is 8.39. The number of halogens is 2. The zero-order valence-corrected chi connectivity index (χ0v) is 13.4. The molecule has 2 aromatic rings. The molecule has 1 aliphatic rings. The molecular weight excluding hydrogens is 300 g/mol. The lowest BCUT2D eigenvalue weighted by Crippen LogP contribution is -2.26. The molecule has 1 N–H and O–H groups in total. The fraction of sp³-hybridized carbons (Fsp3) is 0.333. The van der Waals surface area contributed by atoms with E-state index in [1.165, 1.54) is 18.2 Å².